The molecule has 3 unspecified atom stereocenters. The van der Waals surface area contributed by atoms with Gasteiger partial charge in [-0.25, -0.2) is 9.59 Å². The molecule has 49 heavy (non-hydrogen) atoms. The Morgan fingerprint density at radius 2 is 0.878 bits per heavy atom. The fraction of sp³-hybridized carbons (Fsp3) is 0.829. The van der Waals surface area contributed by atoms with E-state index in [2.05, 4.69) is 0 Å². The van der Waals surface area contributed by atoms with Gasteiger partial charge in [-0.2, -0.15) is 0 Å². The number of rotatable bonds is 23. The summed E-state index contributed by atoms with van der Waals surface area (Å²) in [6.45, 7) is 22.8. The van der Waals surface area contributed by atoms with Crippen LogP contribution >= 0.6 is 0 Å². The lowest BCUT2D eigenvalue weighted by molar-refractivity contribution is -0.239. The second-order valence-corrected chi connectivity index (χ2v) is 14.7. The van der Waals surface area contributed by atoms with Gasteiger partial charge >= 0.3 is 11.9 Å². The van der Waals surface area contributed by atoms with E-state index in [0.29, 0.717) is 57.4 Å². The highest BCUT2D eigenvalue weighted by Crippen LogP contribution is 2.40. The summed E-state index contributed by atoms with van der Waals surface area (Å²) in [5.74, 6) is -1.01. The van der Waals surface area contributed by atoms with Crippen molar-refractivity contribution in [3.05, 3.63) is 23.3 Å². The summed E-state index contributed by atoms with van der Waals surface area (Å²) in [5.41, 5.74) is -2.71. The topological polar surface area (TPSA) is 154 Å². The van der Waals surface area contributed by atoms with Gasteiger partial charge in [0.25, 0.3) is 0 Å². The summed E-state index contributed by atoms with van der Waals surface area (Å²) in [6.07, 6.45) is 2.90. The summed E-state index contributed by atoms with van der Waals surface area (Å²) < 4.78 is 44.6. The average Bonchev–Trinajstić information content (AvgIpc) is 3.30. The predicted octanol–water partition coefficient (Wildman–Crippen LogP) is 3.63. The molecule has 282 valence electrons. The number of hydrogen-bond acceptors (Lipinski definition) is 12. The zero-order chi connectivity index (χ0) is 37.0. The molecule has 0 spiro atoms. The molecule has 0 saturated carbocycles. The number of hydrogen-bond donors (Lipinski definition) is 0. The molecule has 0 fully saturated rings. The van der Waals surface area contributed by atoms with Crippen LogP contribution in [0.2, 0.25) is 0 Å². The lowest BCUT2D eigenvalue weighted by Gasteiger charge is -2.33. The van der Waals surface area contributed by atoms with E-state index in [-0.39, 0.29) is 44.7 Å². The van der Waals surface area contributed by atoms with E-state index in [4.69, 9.17) is 37.9 Å². The van der Waals surface area contributed by atoms with E-state index < -0.39 is 34.1 Å². The van der Waals surface area contributed by atoms with Crippen LogP contribution in [0.25, 0.3) is 0 Å². The number of carbonyl (C=O) groups is 2. The van der Waals surface area contributed by atoms with Gasteiger partial charge in [0, 0.05) is 0 Å². The number of carbonyl (C=O) groups excluding carboxylic acids is 2. The van der Waals surface area contributed by atoms with Gasteiger partial charge in [0.05, 0.1) is 111 Å². The van der Waals surface area contributed by atoms with Gasteiger partial charge in [-0.1, -0.05) is 0 Å². The molecule has 0 aliphatic carbocycles. The van der Waals surface area contributed by atoms with Crippen LogP contribution in [0.1, 0.15) is 76.2 Å². The summed E-state index contributed by atoms with van der Waals surface area (Å²) in [6, 6.07) is 0. The molecular formula is C35H60N2O12. The number of esters is 2. The Morgan fingerprint density at radius 1 is 0.531 bits per heavy atom. The van der Waals surface area contributed by atoms with E-state index in [1.54, 1.807) is 67.5 Å². The summed E-state index contributed by atoms with van der Waals surface area (Å²) in [4.78, 5) is 24.9. The molecule has 0 amide bonds. The van der Waals surface area contributed by atoms with E-state index >= 15 is 0 Å². The van der Waals surface area contributed by atoms with Crippen molar-refractivity contribution in [3.8, 4) is 0 Å². The molecule has 2 radical (unpaired) electrons. The van der Waals surface area contributed by atoms with E-state index in [1.165, 1.54) is 0 Å². The molecule has 0 saturated heterocycles. The molecule has 2 aliphatic heterocycles. The lowest BCUT2D eigenvalue weighted by Crippen LogP contribution is -2.47. The molecule has 0 aromatic rings. The van der Waals surface area contributed by atoms with Gasteiger partial charge in [-0.15, -0.1) is 20.5 Å². The van der Waals surface area contributed by atoms with Gasteiger partial charge in [-0.05, 0) is 88.3 Å². The third kappa shape index (κ3) is 12.9. The van der Waals surface area contributed by atoms with Crippen LogP contribution in [0.4, 0.5) is 0 Å². The van der Waals surface area contributed by atoms with Crippen LogP contribution in [0, 0.1) is 0 Å². The molecule has 0 aromatic heterocycles. The Labute approximate surface area is 292 Å². The molecular weight excluding hydrogens is 640 g/mol. The Morgan fingerprint density at radius 3 is 1.29 bits per heavy atom. The maximum absolute atomic E-state index is 12.5. The number of ether oxygens (including phenoxy) is 8. The maximum atomic E-state index is 12.5. The average molecular weight is 701 g/mol. The first-order chi connectivity index (χ1) is 22.7. The van der Waals surface area contributed by atoms with Crippen molar-refractivity contribution in [1.82, 2.24) is 10.1 Å². The lowest BCUT2D eigenvalue weighted by atomic mass is 9.97. The van der Waals surface area contributed by atoms with E-state index in [1.807, 2.05) is 20.8 Å². The van der Waals surface area contributed by atoms with Crippen LogP contribution in [0.15, 0.2) is 23.3 Å². The van der Waals surface area contributed by atoms with E-state index in [9.17, 15) is 20.0 Å². The molecule has 2 heterocycles. The minimum Gasteiger partial charge on any atom is -0.460 e. The minimum atomic E-state index is -0.947. The highest BCUT2D eigenvalue weighted by Gasteiger charge is 2.50. The van der Waals surface area contributed by atoms with Crippen LogP contribution < -0.4 is 0 Å². The Bertz CT molecular complexity index is 1120. The Kier molecular flexibility index (Phi) is 16.8. The first-order valence-corrected chi connectivity index (χ1v) is 17.1. The smallest absolute Gasteiger partial charge is 0.335 e. The SMILES string of the molecule is CC(COCCOCCOC(=O)C1=CC(C)(C)N([O])C1(C)C)OCC(C)OCC(C)OCCOCCOC(=O)C1=CC(C)(C)N([O])C1(C)C. The fourth-order valence-electron chi connectivity index (χ4n) is 5.62. The zero-order valence-corrected chi connectivity index (χ0v) is 31.5. The van der Waals surface area contributed by atoms with Crippen molar-refractivity contribution in [2.24, 2.45) is 0 Å². The van der Waals surface area contributed by atoms with Crippen LogP contribution in [0.5, 0.6) is 0 Å². The van der Waals surface area contributed by atoms with Crippen molar-refractivity contribution in [2.75, 3.05) is 72.7 Å². The van der Waals surface area contributed by atoms with Crippen molar-refractivity contribution in [3.63, 3.8) is 0 Å². The minimum absolute atomic E-state index is 0.0824. The Hall–Kier alpha value is -1.98. The molecule has 0 aromatic carbocycles. The van der Waals surface area contributed by atoms with Gasteiger partial charge in [0.15, 0.2) is 0 Å². The molecule has 0 bridgehead atoms. The maximum Gasteiger partial charge on any atom is 0.335 e. The second kappa shape index (κ2) is 19.0. The van der Waals surface area contributed by atoms with Crippen LogP contribution in [-0.2, 0) is 57.9 Å². The highest BCUT2D eigenvalue weighted by molar-refractivity contribution is 5.92. The number of hydroxylamine groups is 4. The third-order valence-electron chi connectivity index (χ3n) is 8.32. The molecule has 14 nitrogen and oxygen atoms in total. The van der Waals surface area contributed by atoms with Crippen molar-refractivity contribution >= 4 is 11.9 Å². The molecule has 2 rings (SSSR count). The zero-order valence-electron chi connectivity index (χ0n) is 31.5. The van der Waals surface area contributed by atoms with Gasteiger partial charge in [0.2, 0.25) is 0 Å². The monoisotopic (exact) mass is 700 g/mol. The third-order valence-corrected chi connectivity index (χ3v) is 8.32. The van der Waals surface area contributed by atoms with Crippen molar-refractivity contribution < 1.29 is 57.9 Å². The van der Waals surface area contributed by atoms with Gasteiger partial charge in [0.1, 0.15) is 13.2 Å². The first-order valence-electron chi connectivity index (χ1n) is 17.1. The predicted molar refractivity (Wildman–Crippen MR) is 178 cm³/mol. The van der Waals surface area contributed by atoms with Crippen molar-refractivity contribution in [2.45, 2.75) is 117 Å². The first kappa shape index (κ1) is 43.2. The van der Waals surface area contributed by atoms with Crippen molar-refractivity contribution in [1.29, 1.82) is 0 Å². The van der Waals surface area contributed by atoms with E-state index in [0.717, 1.165) is 10.1 Å². The fourth-order valence-corrected chi connectivity index (χ4v) is 5.62. The highest BCUT2D eigenvalue weighted by atomic mass is 16.6. The van der Waals surface area contributed by atoms with Gasteiger partial charge in [-0.3, -0.25) is 0 Å². The normalized spacial score (nSPS) is 21.6. The number of nitrogens with zero attached hydrogens (tertiary/aromatic N) is 2. The summed E-state index contributed by atoms with van der Waals surface area (Å²) in [5, 5.41) is 26.7. The quantitative estimate of drug-likeness (QED) is 0.113. The van der Waals surface area contributed by atoms with Gasteiger partial charge < -0.3 is 37.9 Å². The molecule has 3 atom stereocenters. The molecule has 14 heteroatoms. The summed E-state index contributed by atoms with van der Waals surface area (Å²) in [7, 11) is 0. The Balaban J connectivity index is 1.43. The van der Waals surface area contributed by atoms with Crippen LogP contribution in [-0.4, -0.2) is 135 Å². The van der Waals surface area contributed by atoms with Crippen LogP contribution in [0.3, 0.4) is 0 Å². The molecule has 0 N–H and O–H groups in total. The molecule has 2 aliphatic rings. The largest absolute Gasteiger partial charge is 0.460 e. The summed E-state index contributed by atoms with van der Waals surface area (Å²) >= 11 is 0. The standard InChI is InChI=1S/C35H60N2O12/c1-25(22-44-13-12-42-15-18-46-30(38)28-20-32(4,5)36(40)34(28,8)9)48-24-27(3)49-23-26(2)45-17-14-43-16-19-47-31(39)29-21-33(6,7)37(41)35(29,10)11/h20-21,25-27H,12-19,22-24H2,1-11H3. The second-order valence-electron chi connectivity index (χ2n) is 14.7.